The molecule has 4 nitrogen and oxygen atoms in total. The fourth-order valence-electron chi connectivity index (χ4n) is 4.29. The van der Waals surface area contributed by atoms with Crippen molar-refractivity contribution in [3.05, 3.63) is 72.8 Å². The highest BCUT2D eigenvalue weighted by molar-refractivity contribution is 6.17. The summed E-state index contributed by atoms with van der Waals surface area (Å²) in [6.07, 6.45) is 0. The van der Waals surface area contributed by atoms with Gasteiger partial charge in [-0.2, -0.15) is 0 Å². The molecule has 134 valence electrons. The molecular weight excluding hydrogens is 348 g/mol. The molecule has 2 heterocycles. The first kappa shape index (κ1) is 15.2. The van der Waals surface area contributed by atoms with Crippen LogP contribution in [-0.2, 0) is 0 Å². The zero-order chi connectivity index (χ0) is 18.8. The van der Waals surface area contributed by atoms with E-state index in [2.05, 4.69) is 9.97 Å². The molecule has 6 aromatic rings. The first-order valence-electron chi connectivity index (χ1n) is 9.17. The molecule has 0 amide bonds. The Kier molecular flexibility index (Phi) is 2.87. The summed E-state index contributed by atoms with van der Waals surface area (Å²) >= 11 is 0. The van der Waals surface area contributed by atoms with Gasteiger partial charge in [-0.25, -0.2) is 0 Å². The molecule has 0 radical (unpaired) electrons. The van der Waals surface area contributed by atoms with Crippen molar-refractivity contribution in [3.63, 3.8) is 0 Å². The summed E-state index contributed by atoms with van der Waals surface area (Å²) in [7, 11) is 0. The number of phenolic OH excluding ortho intramolecular Hbond substituents is 2. The third-order valence-corrected chi connectivity index (χ3v) is 5.54. The molecular formula is C24H16N2O2. The summed E-state index contributed by atoms with van der Waals surface area (Å²) in [6.45, 7) is 0. The van der Waals surface area contributed by atoms with Gasteiger partial charge in [-0.1, -0.05) is 36.4 Å². The molecule has 4 N–H and O–H groups in total. The summed E-state index contributed by atoms with van der Waals surface area (Å²) in [5, 5.41) is 25.6. The normalized spacial score (nSPS) is 11.9. The van der Waals surface area contributed by atoms with Crippen molar-refractivity contribution in [1.82, 2.24) is 9.97 Å². The van der Waals surface area contributed by atoms with Gasteiger partial charge in [0.05, 0.1) is 0 Å². The molecule has 0 aliphatic carbocycles. The fraction of sp³-hybridized carbons (Fsp3) is 0. The van der Waals surface area contributed by atoms with Gasteiger partial charge in [0.25, 0.3) is 0 Å². The van der Waals surface area contributed by atoms with E-state index in [4.69, 9.17) is 0 Å². The minimum absolute atomic E-state index is 0.142. The maximum Gasteiger partial charge on any atom is 0.124 e. The molecule has 6 rings (SSSR count). The van der Waals surface area contributed by atoms with Crippen molar-refractivity contribution >= 4 is 43.6 Å². The Labute approximate surface area is 159 Å². The maximum absolute atomic E-state index is 10.9. The predicted molar refractivity (Wildman–Crippen MR) is 114 cm³/mol. The van der Waals surface area contributed by atoms with E-state index in [0.717, 1.165) is 43.6 Å². The van der Waals surface area contributed by atoms with Crippen molar-refractivity contribution in [2.24, 2.45) is 0 Å². The van der Waals surface area contributed by atoms with Crippen LogP contribution >= 0.6 is 0 Å². The number of nitrogens with one attached hydrogen (secondary N) is 2. The number of phenols is 2. The number of para-hydroxylation sites is 2. The van der Waals surface area contributed by atoms with E-state index in [0.29, 0.717) is 11.1 Å². The average Bonchev–Trinajstić information content (AvgIpc) is 3.26. The molecule has 2 aromatic heterocycles. The van der Waals surface area contributed by atoms with Crippen LogP contribution in [0.3, 0.4) is 0 Å². The summed E-state index contributed by atoms with van der Waals surface area (Å²) in [5.41, 5.74) is 5.09. The van der Waals surface area contributed by atoms with Gasteiger partial charge in [0.1, 0.15) is 11.5 Å². The number of aromatic hydroxyl groups is 2. The second-order valence-corrected chi connectivity index (χ2v) is 7.14. The van der Waals surface area contributed by atoms with Crippen LogP contribution in [0.25, 0.3) is 54.7 Å². The van der Waals surface area contributed by atoms with Crippen molar-refractivity contribution < 1.29 is 10.2 Å². The molecule has 0 fully saturated rings. The highest BCUT2D eigenvalue weighted by atomic mass is 16.3. The number of hydrogen-bond acceptors (Lipinski definition) is 2. The molecule has 4 heteroatoms. The summed E-state index contributed by atoms with van der Waals surface area (Å²) in [5.74, 6) is 0.286. The van der Waals surface area contributed by atoms with Gasteiger partial charge in [0.2, 0.25) is 0 Å². The highest BCUT2D eigenvalue weighted by Crippen LogP contribution is 2.45. The Bertz CT molecular complexity index is 1540. The van der Waals surface area contributed by atoms with E-state index in [9.17, 15) is 10.2 Å². The second kappa shape index (κ2) is 5.30. The largest absolute Gasteiger partial charge is 0.507 e. The molecule has 0 atom stereocenters. The molecule has 0 aliphatic heterocycles. The van der Waals surface area contributed by atoms with Crippen molar-refractivity contribution in [2.75, 3.05) is 0 Å². The van der Waals surface area contributed by atoms with Crippen molar-refractivity contribution in [3.8, 4) is 22.6 Å². The highest BCUT2D eigenvalue weighted by Gasteiger charge is 2.18. The number of hydrogen-bond donors (Lipinski definition) is 4. The molecule has 28 heavy (non-hydrogen) atoms. The van der Waals surface area contributed by atoms with Crippen LogP contribution in [0.1, 0.15) is 0 Å². The van der Waals surface area contributed by atoms with Gasteiger partial charge in [0, 0.05) is 54.7 Å². The number of aromatic nitrogens is 2. The van der Waals surface area contributed by atoms with Crippen LogP contribution in [0.5, 0.6) is 11.5 Å². The third-order valence-electron chi connectivity index (χ3n) is 5.54. The average molecular weight is 364 g/mol. The molecule has 0 spiro atoms. The van der Waals surface area contributed by atoms with Crippen LogP contribution in [-0.4, -0.2) is 20.2 Å². The van der Waals surface area contributed by atoms with Crippen LogP contribution in [0.4, 0.5) is 0 Å². The zero-order valence-electron chi connectivity index (χ0n) is 14.8. The zero-order valence-corrected chi connectivity index (χ0v) is 14.8. The van der Waals surface area contributed by atoms with Gasteiger partial charge < -0.3 is 20.2 Å². The fourth-order valence-corrected chi connectivity index (χ4v) is 4.29. The lowest BCUT2D eigenvalue weighted by molar-refractivity contribution is 0.470. The van der Waals surface area contributed by atoms with Crippen LogP contribution in [0.2, 0.25) is 0 Å². The summed E-state index contributed by atoms with van der Waals surface area (Å²) in [4.78, 5) is 6.81. The SMILES string of the molecule is Oc1cc2c(cc1-c1c(O)ccc3[nH]c4ccccc4c13)[nH]c1ccccc12. The molecule has 4 aromatic carbocycles. The van der Waals surface area contributed by atoms with Crippen LogP contribution < -0.4 is 0 Å². The molecule has 0 aliphatic rings. The van der Waals surface area contributed by atoms with Crippen LogP contribution in [0.15, 0.2) is 72.8 Å². The van der Waals surface area contributed by atoms with E-state index in [1.165, 1.54) is 0 Å². The number of rotatable bonds is 1. The first-order chi connectivity index (χ1) is 13.7. The van der Waals surface area contributed by atoms with E-state index in [1.54, 1.807) is 12.1 Å². The van der Waals surface area contributed by atoms with Gasteiger partial charge >= 0.3 is 0 Å². The standard InChI is InChI=1S/C24H16N2O2/c27-21-10-9-19-23(14-6-2-4-8-18(14)25-19)24(21)16-11-20-15(12-22(16)28)13-5-1-3-7-17(13)26-20/h1-12,25-28H. The Morgan fingerprint density at radius 1 is 0.536 bits per heavy atom. The van der Waals surface area contributed by atoms with E-state index < -0.39 is 0 Å². The van der Waals surface area contributed by atoms with Gasteiger partial charge in [-0.15, -0.1) is 0 Å². The smallest absolute Gasteiger partial charge is 0.124 e. The molecule has 0 saturated heterocycles. The molecule has 0 bridgehead atoms. The number of aromatic amines is 2. The lowest BCUT2D eigenvalue weighted by atomic mass is 9.96. The Balaban J connectivity index is 1.75. The summed E-state index contributed by atoms with van der Waals surface area (Å²) < 4.78 is 0. The number of fused-ring (bicyclic) bond motifs is 6. The molecule has 0 saturated carbocycles. The Hall–Kier alpha value is -3.92. The van der Waals surface area contributed by atoms with Gasteiger partial charge in [-0.05, 0) is 36.4 Å². The van der Waals surface area contributed by atoms with E-state index in [-0.39, 0.29) is 11.5 Å². The lowest BCUT2D eigenvalue weighted by Gasteiger charge is -2.10. The minimum Gasteiger partial charge on any atom is -0.507 e. The van der Waals surface area contributed by atoms with E-state index in [1.807, 2.05) is 60.7 Å². The van der Waals surface area contributed by atoms with Gasteiger partial charge in [-0.3, -0.25) is 0 Å². The molecule has 0 unspecified atom stereocenters. The van der Waals surface area contributed by atoms with Crippen molar-refractivity contribution in [1.29, 1.82) is 0 Å². The van der Waals surface area contributed by atoms with E-state index >= 15 is 0 Å². The maximum atomic E-state index is 10.9. The Morgan fingerprint density at radius 3 is 2.04 bits per heavy atom. The number of benzene rings is 4. The minimum atomic E-state index is 0.142. The topological polar surface area (TPSA) is 72.0 Å². The second-order valence-electron chi connectivity index (χ2n) is 7.14. The number of H-pyrrole nitrogens is 2. The monoisotopic (exact) mass is 364 g/mol. The summed E-state index contributed by atoms with van der Waals surface area (Å²) in [6, 6.07) is 23.2. The predicted octanol–water partition coefficient (Wildman–Crippen LogP) is 6.03. The Morgan fingerprint density at radius 2 is 1.21 bits per heavy atom. The van der Waals surface area contributed by atoms with Crippen molar-refractivity contribution in [2.45, 2.75) is 0 Å². The lowest BCUT2D eigenvalue weighted by Crippen LogP contribution is -1.84. The quantitative estimate of drug-likeness (QED) is 0.287. The van der Waals surface area contributed by atoms with Crippen LogP contribution in [0, 0.1) is 0 Å². The van der Waals surface area contributed by atoms with Gasteiger partial charge in [0.15, 0.2) is 0 Å². The third kappa shape index (κ3) is 1.94. The first-order valence-corrected chi connectivity index (χ1v) is 9.17.